The van der Waals surface area contributed by atoms with Crippen molar-refractivity contribution in [2.45, 2.75) is 38.1 Å². The molecule has 0 amide bonds. The van der Waals surface area contributed by atoms with Gasteiger partial charge in [0.05, 0.1) is 0 Å². The summed E-state index contributed by atoms with van der Waals surface area (Å²) in [5, 5.41) is 7.77. The summed E-state index contributed by atoms with van der Waals surface area (Å²) in [7, 11) is 0. The fraction of sp³-hybridized carbons (Fsp3) is 0.667. The summed E-state index contributed by atoms with van der Waals surface area (Å²) < 4.78 is 3.90. The van der Waals surface area contributed by atoms with Crippen LogP contribution in [0.25, 0.3) is 0 Å². The molecule has 0 aromatic carbocycles. The highest BCUT2D eigenvalue weighted by atomic mass is 32.1. The van der Waals surface area contributed by atoms with Crippen molar-refractivity contribution in [2.24, 2.45) is 0 Å². The van der Waals surface area contributed by atoms with Crippen molar-refractivity contribution in [3.63, 3.8) is 0 Å². The van der Waals surface area contributed by atoms with Crippen molar-refractivity contribution >= 4 is 34.0 Å². The van der Waals surface area contributed by atoms with Crippen LogP contribution < -0.4 is 10.6 Å². The van der Waals surface area contributed by atoms with Gasteiger partial charge in [0.1, 0.15) is 6.33 Å². The van der Waals surface area contributed by atoms with E-state index in [2.05, 4.69) is 20.0 Å². The van der Waals surface area contributed by atoms with E-state index >= 15 is 0 Å². The molecular weight excluding hydrogens is 228 g/mol. The van der Waals surface area contributed by atoms with Crippen LogP contribution in [0.5, 0.6) is 0 Å². The fourth-order valence-corrected chi connectivity index (χ4v) is 2.56. The van der Waals surface area contributed by atoms with E-state index in [9.17, 15) is 0 Å². The standard InChI is InChI=1S/C9H14N4S2/c14-8(13-9-10-6-11-15-9)12-7-4-2-1-3-5-7/h6-7H,1-5H2,(H2,10,11,12,13,14). The topological polar surface area (TPSA) is 49.8 Å². The van der Waals surface area contributed by atoms with E-state index in [0.29, 0.717) is 11.2 Å². The van der Waals surface area contributed by atoms with Gasteiger partial charge in [0.2, 0.25) is 5.13 Å². The Morgan fingerprint density at radius 1 is 1.40 bits per heavy atom. The lowest BCUT2D eigenvalue weighted by atomic mass is 9.96. The first kappa shape index (κ1) is 10.8. The summed E-state index contributed by atoms with van der Waals surface area (Å²) in [5.74, 6) is 0. The molecule has 2 N–H and O–H groups in total. The number of hydrogen-bond acceptors (Lipinski definition) is 4. The van der Waals surface area contributed by atoms with Crippen molar-refractivity contribution in [3.05, 3.63) is 6.33 Å². The lowest BCUT2D eigenvalue weighted by Crippen LogP contribution is -2.38. The minimum atomic E-state index is 0.534. The van der Waals surface area contributed by atoms with Crippen molar-refractivity contribution in [3.8, 4) is 0 Å². The molecule has 0 aliphatic heterocycles. The third kappa shape index (κ3) is 3.39. The molecule has 1 aliphatic rings. The van der Waals surface area contributed by atoms with E-state index in [0.717, 1.165) is 5.13 Å². The van der Waals surface area contributed by atoms with Gasteiger partial charge in [-0.15, -0.1) is 0 Å². The zero-order chi connectivity index (χ0) is 10.5. The van der Waals surface area contributed by atoms with Gasteiger partial charge in [-0.1, -0.05) is 19.3 Å². The Bertz CT molecular complexity index is 306. The molecule has 0 unspecified atom stereocenters. The molecule has 1 fully saturated rings. The number of aromatic nitrogens is 2. The second-order valence-electron chi connectivity index (χ2n) is 3.68. The van der Waals surface area contributed by atoms with Crippen LogP contribution in [0.3, 0.4) is 0 Å². The minimum Gasteiger partial charge on any atom is -0.360 e. The molecule has 1 saturated carbocycles. The summed E-state index contributed by atoms with van der Waals surface area (Å²) in [6.07, 6.45) is 7.93. The van der Waals surface area contributed by atoms with Crippen LogP contribution in [0.2, 0.25) is 0 Å². The predicted octanol–water partition coefficient (Wildman–Crippen LogP) is 2.16. The Morgan fingerprint density at radius 2 is 2.20 bits per heavy atom. The van der Waals surface area contributed by atoms with Gasteiger partial charge in [0.25, 0.3) is 0 Å². The largest absolute Gasteiger partial charge is 0.360 e. The SMILES string of the molecule is S=C(Nc1ncns1)NC1CCCCC1. The zero-order valence-electron chi connectivity index (χ0n) is 8.40. The van der Waals surface area contributed by atoms with Crippen LogP contribution in [0.1, 0.15) is 32.1 Å². The quantitative estimate of drug-likeness (QED) is 0.778. The van der Waals surface area contributed by atoms with E-state index in [4.69, 9.17) is 12.2 Å². The van der Waals surface area contributed by atoms with Crippen LogP contribution in [0.15, 0.2) is 6.33 Å². The Hall–Kier alpha value is -0.750. The van der Waals surface area contributed by atoms with Crippen molar-refractivity contribution in [2.75, 3.05) is 5.32 Å². The smallest absolute Gasteiger partial charge is 0.208 e. The highest BCUT2D eigenvalue weighted by Crippen LogP contribution is 2.17. The van der Waals surface area contributed by atoms with Crippen LogP contribution in [0.4, 0.5) is 5.13 Å². The maximum Gasteiger partial charge on any atom is 0.208 e. The Labute approximate surface area is 98.7 Å². The average Bonchev–Trinajstić information content (AvgIpc) is 2.71. The number of nitrogens with one attached hydrogen (secondary N) is 2. The number of hydrogen-bond donors (Lipinski definition) is 2. The molecule has 0 atom stereocenters. The summed E-state index contributed by atoms with van der Waals surface area (Å²) in [4.78, 5) is 4.02. The lowest BCUT2D eigenvalue weighted by Gasteiger charge is -2.23. The van der Waals surface area contributed by atoms with Crippen LogP contribution in [-0.2, 0) is 0 Å². The lowest BCUT2D eigenvalue weighted by molar-refractivity contribution is 0.415. The summed E-state index contributed by atoms with van der Waals surface area (Å²) in [6, 6.07) is 0.534. The summed E-state index contributed by atoms with van der Waals surface area (Å²) >= 11 is 6.51. The van der Waals surface area contributed by atoms with Crippen molar-refractivity contribution in [1.82, 2.24) is 14.7 Å². The number of anilines is 1. The number of rotatable bonds is 2. The molecule has 4 nitrogen and oxygen atoms in total. The Kier molecular flexibility index (Phi) is 3.85. The summed E-state index contributed by atoms with van der Waals surface area (Å²) in [6.45, 7) is 0. The van der Waals surface area contributed by atoms with Gasteiger partial charge in [0.15, 0.2) is 5.11 Å². The molecule has 0 saturated heterocycles. The molecule has 0 radical (unpaired) electrons. The van der Waals surface area contributed by atoms with Gasteiger partial charge >= 0.3 is 0 Å². The molecule has 1 aliphatic carbocycles. The summed E-state index contributed by atoms with van der Waals surface area (Å²) in [5.41, 5.74) is 0. The monoisotopic (exact) mass is 242 g/mol. The third-order valence-electron chi connectivity index (χ3n) is 2.52. The van der Waals surface area contributed by atoms with Gasteiger partial charge in [0, 0.05) is 17.6 Å². The van der Waals surface area contributed by atoms with Gasteiger partial charge < -0.3 is 10.6 Å². The van der Waals surface area contributed by atoms with Crippen LogP contribution in [0, 0.1) is 0 Å². The first-order chi connectivity index (χ1) is 7.34. The Balaban J connectivity index is 1.76. The van der Waals surface area contributed by atoms with Gasteiger partial charge in [-0.25, -0.2) is 4.98 Å². The minimum absolute atomic E-state index is 0.534. The molecule has 2 rings (SSSR count). The molecule has 82 valence electrons. The zero-order valence-corrected chi connectivity index (χ0v) is 10.0. The molecule has 1 heterocycles. The van der Waals surface area contributed by atoms with E-state index in [-0.39, 0.29) is 0 Å². The van der Waals surface area contributed by atoms with Crippen LogP contribution >= 0.6 is 23.8 Å². The maximum absolute atomic E-state index is 5.20. The van der Waals surface area contributed by atoms with Crippen LogP contribution in [-0.4, -0.2) is 20.5 Å². The molecular formula is C9H14N4S2. The first-order valence-corrected chi connectivity index (χ1v) is 6.37. The van der Waals surface area contributed by atoms with E-state index < -0.39 is 0 Å². The molecule has 0 spiro atoms. The third-order valence-corrected chi connectivity index (χ3v) is 3.32. The van der Waals surface area contributed by atoms with E-state index in [1.165, 1.54) is 50.0 Å². The highest BCUT2D eigenvalue weighted by molar-refractivity contribution is 7.80. The second kappa shape index (κ2) is 5.37. The molecule has 1 aromatic rings. The molecule has 6 heteroatoms. The predicted molar refractivity (Wildman–Crippen MR) is 66.1 cm³/mol. The first-order valence-electron chi connectivity index (χ1n) is 5.19. The highest BCUT2D eigenvalue weighted by Gasteiger charge is 2.14. The van der Waals surface area contributed by atoms with Crippen molar-refractivity contribution in [1.29, 1.82) is 0 Å². The van der Waals surface area contributed by atoms with Gasteiger partial charge in [-0.3, -0.25) is 0 Å². The van der Waals surface area contributed by atoms with Gasteiger partial charge in [-0.2, -0.15) is 4.37 Å². The fourth-order valence-electron chi connectivity index (χ4n) is 1.79. The molecule has 15 heavy (non-hydrogen) atoms. The van der Waals surface area contributed by atoms with Gasteiger partial charge in [-0.05, 0) is 25.1 Å². The number of thiocarbonyl (C=S) groups is 1. The normalized spacial score (nSPS) is 17.3. The molecule has 1 aromatic heterocycles. The molecule has 0 bridgehead atoms. The Morgan fingerprint density at radius 3 is 2.87 bits per heavy atom. The maximum atomic E-state index is 5.20. The van der Waals surface area contributed by atoms with E-state index in [1.54, 1.807) is 0 Å². The van der Waals surface area contributed by atoms with E-state index in [1.807, 2.05) is 0 Å². The number of nitrogens with zero attached hydrogens (tertiary/aromatic N) is 2. The second-order valence-corrected chi connectivity index (χ2v) is 4.87. The van der Waals surface area contributed by atoms with Crippen molar-refractivity contribution < 1.29 is 0 Å². The average molecular weight is 242 g/mol.